The molecule has 0 radical (unpaired) electrons. The molecular weight excluding hydrogens is 316 g/mol. The number of aromatic amines is 1. The van der Waals surface area contributed by atoms with Crippen molar-refractivity contribution in [3.63, 3.8) is 0 Å². The van der Waals surface area contributed by atoms with Gasteiger partial charge < -0.3 is 9.47 Å². The minimum Gasteiger partial charge on any atom is -0.349 e. The van der Waals surface area contributed by atoms with Crippen LogP contribution in [0, 0.1) is 13.8 Å². The SMILES string of the molecule is Cc1cc(C)n([C@@H]2CCN(C(=O)c3cc(-c4cccn4C)n[nH]3)C2)n1. The first-order chi connectivity index (χ1) is 12.0. The van der Waals surface area contributed by atoms with Crippen LogP contribution < -0.4 is 0 Å². The second kappa shape index (κ2) is 5.91. The molecule has 1 amide bonds. The molecule has 1 aliphatic heterocycles. The molecule has 0 aliphatic carbocycles. The van der Waals surface area contributed by atoms with E-state index in [1.165, 1.54) is 0 Å². The molecule has 7 heteroatoms. The highest BCUT2D eigenvalue weighted by Gasteiger charge is 2.30. The molecule has 4 heterocycles. The molecule has 0 aromatic carbocycles. The van der Waals surface area contributed by atoms with Gasteiger partial charge in [0.1, 0.15) is 11.4 Å². The van der Waals surface area contributed by atoms with Crippen LogP contribution >= 0.6 is 0 Å². The molecule has 1 N–H and O–H groups in total. The summed E-state index contributed by atoms with van der Waals surface area (Å²) in [6.45, 7) is 5.47. The Kier molecular flexibility index (Phi) is 3.71. The first-order valence-corrected chi connectivity index (χ1v) is 8.52. The summed E-state index contributed by atoms with van der Waals surface area (Å²) in [6, 6.07) is 8.09. The third kappa shape index (κ3) is 2.75. The number of aryl methyl sites for hydroxylation is 3. The summed E-state index contributed by atoms with van der Waals surface area (Å²) in [5, 5.41) is 11.7. The van der Waals surface area contributed by atoms with Crippen molar-refractivity contribution in [3.8, 4) is 11.4 Å². The normalized spacial score (nSPS) is 17.4. The molecule has 0 saturated carbocycles. The number of aromatic nitrogens is 5. The number of amides is 1. The van der Waals surface area contributed by atoms with E-state index in [4.69, 9.17) is 0 Å². The third-order valence-electron chi connectivity index (χ3n) is 4.86. The van der Waals surface area contributed by atoms with Gasteiger partial charge in [-0.15, -0.1) is 0 Å². The van der Waals surface area contributed by atoms with E-state index in [2.05, 4.69) is 28.3 Å². The molecule has 0 unspecified atom stereocenters. The van der Waals surface area contributed by atoms with Gasteiger partial charge in [0.2, 0.25) is 0 Å². The average molecular weight is 338 g/mol. The summed E-state index contributed by atoms with van der Waals surface area (Å²) in [7, 11) is 1.96. The molecule has 0 spiro atoms. The van der Waals surface area contributed by atoms with Crippen molar-refractivity contribution in [2.24, 2.45) is 7.05 Å². The van der Waals surface area contributed by atoms with E-state index in [1.54, 1.807) is 0 Å². The molecule has 25 heavy (non-hydrogen) atoms. The topological polar surface area (TPSA) is 71.7 Å². The van der Waals surface area contributed by atoms with Crippen LogP contribution in [0.1, 0.15) is 34.3 Å². The summed E-state index contributed by atoms with van der Waals surface area (Å²) >= 11 is 0. The Morgan fingerprint density at radius 3 is 2.84 bits per heavy atom. The van der Waals surface area contributed by atoms with E-state index in [0.29, 0.717) is 12.2 Å². The number of hydrogen-bond donors (Lipinski definition) is 1. The Bertz CT molecular complexity index is 918. The molecule has 1 atom stereocenters. The van der Waals surface area contributed by atoms with Crippen LogP contribution in [-0.4, -0.2) is 48.4 Å². The van der Waals surface area contributed by atoms with Crippen molar-refractivity contribution < 1.29 is 4.79 Å². The number of nitrogens with zero attached hydrogens (tertiary/aromatic N) is 5. The second-order valence-electron chi connectivity index (χ2n) is 6.74. The highest BCUT2D eigenvalue weighted by molar-refractivity contribution is 5.93. The van der Waals surface area contributed by atoms with E-state index < -0.39 is 0 Å². The van der Waals surface area contributed by atoms with Crippen LogP contribution in [0.4, 0.5) is 0 Å². The summed E-state index contributed by atoms with van der Waals surface area (Å²) in [6.07, 6.45) is 2.89. The fourth-order valence-electron chi connectivity index (χ4n) is 3.60. The van der Waals surface area contributed by atoms with Gasteiger partial charge in [-0.1, -0.05) is 0 Å². The van der Waals surface area contributed by atoms with Crippen LogP contribution in [0.2, 0.25) is 0 Å². The Morgan fingerprint density at radius 1 is 1.32 bits per heavy atom. The van der Waals surface area contributed by atoms with Crippen molar-refractivity contribution in [2.75, 3.05) is 13.1 Å². The van der Waals surface area contributed by atoms with Gasteiger partial charge in [0.15, 0.2) is 0 Å². The predicted molar refractivity (Wildman–Crippen MR) is 94.3 cm³/mol. The zero-order chi connectivity index (χ0) is 17.6. The first kappa shape index (κ1) is 15.7. The third-order valence-corrected chi connectivity index (χ3v) is 4.86. The zero-order valence-corrected chi connectivity index (χ0v) is 14.7. The first-order valence-electron chi connectivity index (χ1n) is 8.52. The van der Waals surface area contributed by atoms with Gasteiger partial charge in [0, 0.05) is 32.0 Å². The minimum absolute atomic E-state index is 0.00279. The number of nitrogens with one attached hydrogen (secondary N) is 1. The van der Waals surface area contributed by atoms with Crippen LogP contribution in [0.25, 0.3) is 11.4 Å². The predicted octanol–water partition coefficient (Wildman–Crippen LogP) is 2.32. The fraction of sp³-hybridized carbons (Fsp3) is 0.389. The van der Waals surface area contributed by atoms with Crippen molar-refractivity contribution in [1.29, 1.82) is 0 Å². The summed E-state index contributed by atoms with van der Waals surface area (Å²) in [5.74, 6) is -0.00279. The van der Waals surface area contributed by atoms with Crippen LogP contribution in [0.5, 0.6) is 0 Å². The lowest BCUT2D eigenvalue weighted by Crippen LogP contribution is -2.29. The number of carbonyl (C=O) groups is 1. The lowest BCUT2D eigenvalue weighted by atomic mass is 10.2. The van der Waals surface area contributed by atoms with E-state index in [9.17, 15) is 4.79 Å². The Morgan fingerprint density at radius 2 is 2.16 bits per heavy atom. The van der Waals surface area contributed by atoms with Gasteiger partial charge in [0.25, 0.3) is 5.91 Å². The van der Waals surface area contributed by atoms with Crippen molar-refractivity contribution in [1.82, 2.24) is 29.4 Å². The minimum atomic E-state index is -0.00279. The summed E-state index contributed by atoms with van der Waals surface area (Å²) in [4.78, 5) is 14.7. The summed E-state index contributed by atoms with van der Waals surface area (Å²) < 4.78 is 4.03. The number of likely N-dealkylation sites (tertiary alicyclic amines) is 1. The molecule has 1 saturated heterocycles. The van der Waals surface area contributed by atoms with E-state index in [0.717, 1.165) is 35.7 Å². The van der Waals surface area contributed by atoms with Gasteiger partial charge in [-0.05, 0) is 44.5 Å². The van der Waals surface area contributed by atoms with Crippen molar-refractivity contribution in [2.45, 2.75) is 26.3 Å². The molecule has 1 fully saturated rings. The molecule has 3 aromatic rings. The maximum atomic E-state index is 12.8. The van der Waals surface area contributed by atoms with Crippen LogP contribution in [0.15, 0.2) is 30.5 Å². The van der Waals surface area contributed by atoms with Gasteiger partial charge in [-0.3, -0.25) is 14.6 Å². The lowest BCUT2D eigenvalue weighted by Gasteiger charge is -2.16. The molecule has 3 aromatic heterocycles. The molecule has 4 rings (SSSR count). The second-order valence-corrected chi connectivity index (χ2v) is 6.74. The van der Waals surface area contributed by atoms with Crippen LogP contribution in [-0.2, 0) is 7.05 Å². The van der Waals surface area contributed by atoms with Crippen molar-refractivity contribution >= 4 is 5.91 Å². The standard InChI is InChI=1S/C18H22N6O/c1-12-9-13(2)24(21-12)14-6-8-23(11-14)18(25)16-10-15(19-20-16)17-5-4-7-22(17)3/h4-5,7,9-10,14H,6,8,11H2,1-3H3,(H,19,20)/t14-/m1/s1. The molecular formula is C18H22N6O. The average Bonchev–Trinajstić information content (AvgIpc) is 3.33. The highest BCUT2D eigenvalue weighted by atomic mass is 16.2. The van der Waals surface area contributed by atoms with Crippen molar-refractivity contribution in [3.05, 3.63) is 47.5 Å². The quantitative estimate of drug-likeness (QED) is 0.796. The summed E-state index contributed by atoms with van der Waals surface area (Å²) in [5.41, 5.74) is 4.46. The lowest BCUT2D eigenvalue weighted by molar-refractivity contribution is 0.0781. The van der Waals surface area contributed by atoms with E-state index in [1.807, 2.05) is 52.5 Å². The zero-order valence-electron chi connectivity index (χ0n) is 14.7. The molecule has 7 nitrogen and oxygen atoms in total. The molecule has 1 aliphatic rings. The molecule has 130 valence electrons. The van der Waals surface area contributed by atoms with E-state index >= 15 is 0 Å². The Labute approximate surface area is 146 Å². The monoisotopic (exact) mass is 338 g/mol. The number of H-pyrrole nitrogens is 1. The Balaban J connectivity index is 1.50. The fourth-order valence-corrected chi connectivity index (χ4v) is 3.60. The van der Waals surface area contributed by atoms with Gasteiger partial charge in [-0.25, -0.2) is 0 Å². The number of carbonyl (C=O) groups excluding carboxylic acids is 1. The van der Waals surface area contributed by atoms with Gasteiger partial charge >= 0.3 is 0 Å². The largest absolute Gasteiger partial charge is 0.349 e. The van der Waals surface area contributed by atoms with E-state index in [-0.39, 0.29) is 11.9 Å². The van der Waals surface area contributed by atoms with Crippen LogP contribution in [0.3, 0.4) is 0 Å². The van der Waals surface area contributed by atoms with Gasteiger partial charge in [0.05, 0.1) is 17.4 Å². The Hall–Kier alpha value is -2.83. The smallest absolute Gasteiger partial charge is 0.271 e. The highest BCUT2D eigenvalue weighted by Crippen LogP contribution is 2.25. The molecule has 0 bridgehead atoms. The number of rotatable bonds is 3. The van der Waals surface area contributed by atoms with Gasteiger partial charge in [-0.2, -0.15) is 10.2 Å². The number of hydrogen-bond acceptors (Lipinski definition) is 3. The maximum absolute atomic E-state index is 12.8. The maximum Gasteiger partial charge on any atom is 0.271 e.